The van der Waals surface area contributed by atoms with Crippen LogP contribution in [0.2, 0.25) is 0 Å². The van der Waals surface area contributed by atoms with E-state index in [0.717, 1.165) is 12.2 Å². The van der Waals surface area contributed by atoms with Gasteiger partial charge in [0.15, 0.2) is 0 Å². The van der Waals surface area contributed by atoms with Crippen LogP contribution in [0.3, 0.4) is 0 Å². The van der Waals surface area contributed by atoms with Crippen molar-refractivity contribution in [2.24, 2.45) is 5.92 Å². The topological polar surface area (TPSA) is 29.1 Å². The molecule has 1 aliphatic carbocycles. The molecular formula is C10H17NOS. The summed E-state index contributed by atoms with van der Waals surface area (Å²) in [7, 11) is 0. The molecule has 0 saturated heterocycles. The Morgan fingerprint density at radius 1 is 1.69 bits per heavy atom. The molecule has 0 spiro atoms. The molecule has 0 aromatic heterocycles. The van der Waals surface area contributed by atoms with Crippen LogP contribution >= 0.6 is 11.8 Å². The summed E-state index contributed by atoms with van der Waals surface area (Å²) in [6, 6.07) is 0.387. The van der Waals surface area contributed by atoms with E-state index in [-0.39, 0.29) is 5.91 Å². The third-order valence-corrected chi connectivity index (χ3v) is 3.31. The average molecular weight is 199 g/mol. The van der Waals surface area contributed by atoms with Crippen molar-refractivity contribution in [3.05, 3.63) is 12.7 Å². The fraction of sp³-hybridized carbons (Fsp3) is 0.700. The highest BCUT2D eigenvalue weighted by atomic mass is 32.2. The van der Waals surface area contributed by atoms with Crippen molar-refractivity contribution < 1.29 is 4.79 Å². The molecule has 0 heterocycles. The second kappa shape index (κ2) is 5.32. The summed E-state index contributed by atoms with van der Waals surface area (Å²) in [6.45, 7) is 3.46. The lowest BCUT2D eigenvalue weighted by Crippen LogP contribution is -2.37. The molecule has 1 saturated carbocycles. The van der Waals surface area contributed by atoms with Crippen LogP contribution in [0, 0.1) is 5.92 Å². The van der Waals surface area contributed by atoms with Gasteiger partial charge in [-0.3, -0.25) is 4.79 Å². The Morgan fingerprint density at radius 2 is 2.46 bits per heavy atom. The second-order valence-electron chi connectivity index (χ2n) is 3.47. The molecule has 0 aromatic carbocycles. The van der Waals surface area contributed by atoms with Gasteiger partial charge in [0.1, 0.15) is 0 Å². The van der Waals surface area contributed by atoms with Crippen LogP contribution in [0.5, 0.6) is 0 Å². The SMILES string of the molecule is C=CC(=O)NC1CCCC1CSC. The number of thioether (sulfide) groups is 1. The third-order valence-electron chi connectivity index (χ3n) is 2.55. The molecule has 2 unspecified atom stereocenters. The van der Waals surface area contributed by atoms with Crippen molar-refractivity contribution in [3.63, 3.8) is 0 Å². The fourth-order valence-electron chi connectivity index (χ4n) is 1.88. The number of nitrogens with one attached hydrogen (secondary N) is 1. The lowest BCUT2D eigenvalue weighted by atomic mass is 10.1. The van der Waals surface area contributed by atoms with Crippen LogP contribution in [-0.4, -0.2) is 24.0 Å². The number of carbonyl (C=O) groups excluding carboxylic acids is 1. The van der Waals surface area contributed by atoms with Gasteiger partial charge in [-0.2, -0.15) is 11.8 Å². The summed E-state index contributed by atoms with van der Waals surface area (Å²) in [5.74, 6) is 1.79. The maximum absolute atomic E-state index is 11.1. The molecule has 1 amide bonds. The summed E-state index contributed by atoms with van der Waals surface area (Å²) in [6.07, 6.45) is 7.10. The van der Waals surface area contributed by atoms with E-state index in [9.17, 15) is 4.79 Å². The summed E-state index contributed by atoms with van der Waals surface area (Å²) in [4.78, 5) is 11.1. The first kappa shape index (κ1) is 10.6. The number of rotatable bonds is 4. The van der Waals surface area contributed by atoms with Crippen LogP contribution in [-0.2, 0) is 4.79 Å². The second-order valence-corrected chi connectivity index (χ2v) is 4.38. The minimum Gasteiger partial charge on any atom is -0.350 e. The van der Waals surface area contributed by atoms with Gasteiger partial charge in [-0.05, 0) is 36.8 Å². The third kappa shape index (κ3) is 3.07. The zero-order chi connectivity index (χ0) is 9.68. The van der Waals surface area contributed by atoms with E-state index in [2.05, 4.69) is 18.2 Å². The molecule has 1 rings (SSSR count). The summed E-state index contributed by atoms with van der Waals surface area (Å²) in [5.41, 5.74) is 0. The van der Waals surface area contributed by atoms with Gasteiger partial charge >= 0.3 is 0 Å². The first-order valence-electron chi connectivity index (χ1n) is 4.69. The van der Waals surface area contributed by atoms with Gasteiger partial charge < -0.3 is 5.32 Å². The molecule has 0 aromatic rings. The highest BCUT2D eigenvalue weighted by Crippen LogP contribution is 2.27. The van der Waals surface area contributed by atoms with E-state index in [1.807, 2.05) is 11.8 Å². The Kier molecular flexibility index (Phi) is 4.36. The minimum atomic E-state index is -0.0296. The molecular weight excluding hydrogens is 182 g/mol. The number of amides is 1. The van der Waals surface area contributed by atoms with Gasteiger partial charge in [0.2, 0.25) is 5.91 Å². The molecule has 1 fully saturated rings. The lowest BCUT2D eigenvalue weighted by molar-refractivity contribution is -0.117. The van der Waals surface area contributed by atoms with E-state index in [1.54, 1.807) is 0 Å². The van der Waals surface area contributed by atoms with Gasteiger partial charge in [0, 0.05) is 6.04 Å². The average Bonchev–Trinajstić information content (AvgIpc) is 2.54. The quantitative estimate of drug-likeness (QED) is 0.700. The number of hydrogen-bond acceptors (Lipinski definition) is 2. The molecule has 0 bridgehead atoms. The molecule has 3 heteroatoms. The molecule has 0 aliphatic heterocycles. The molecule has 2 atom stereocenters. The van der Waals surface area contributed by atoms with E-state index < -0.39 is 0 Å². The molecule has 1 aliphatic rings. The van der Waals surface area contributed by atoms with Gasteiger partial charge in [-0.25, -0.2) is 0 Å². The van der Waals surface area contributed by atoms with Crippen LogP contribution in [0.4, 0.5) is 0 Å². The fourth-order valence-corrected chi connectivity index (χ4v) is 2.71. The standard InChI is InChI=1S/C10H17NOS/c1-3-10(12)11-9-6-4-5-8(9)7-13-2/h3,8-9H,1,4-7H2,2H3,(H,11,12). The van der Waals surface area contributed by atoms with Crippen LogP contribution in [0.15, 0.2) is 12.7 Å². The highest BCUT2D eigenvalue weighted by Gasteiger charge is 2.27. The Bertz CT molecular complexity index is 193. The van der Waals surface area contributed by atoms with Crippen molar-refractivity contribution in [2.75, 3.05) is 12.0 Å². The van der Waals surface area contributed by atoms with Gasteiger partial charge in [0.25, 0.3) is 0 Å². The smallest absolute Gasteiger partial charge is 0.243 e. The molecule has 1 N–H and O–H groups in total. The Hall–Kier alpha value is -0.440. The largest absolute Gasteiger partial charge is 0.350 e. The van der Waals surface area contributed by atoms with Crippen LogP contribution in [0.25, 0.3) is 0 Å². The van der Waals surface area contributed by atoms with Gasteiger partial charge in [-0.1, -0.05) is 13.0 Å². The molecule has 74 valence electrons. The van der Waals surface area contributed by atoms with Gasteiger partial charge in [-0.15, -0.1) is 0 Å². The Morgan fingerprint density at radius 3 is 3.08 bits per heavy atom. The zero-order valence-corrected chi connectivity index (χ0v) is 8.90. The van der Waals surface area contributed by atoms with E-state index in [1.165, 1.54) is 18.9 Å². The normalized spacial score (nSPS) is 27.2. The van der Waals surface area contributed by atoms with Crippen molar-refractivity contribution >= 4 is 17.7 Å². The lowest BCUT2D eigenvalue weighted by Gasteiger charge is -2.19. The maximum atomic E-state index is 11.1. The van der Waals surface area contributed by atoms with Crippen LogP contribution < -0.4 is 5.32 Å². The predicted octanol–water partition coefficient (Wildman–Crippen LogP) is 1.82. The molecule has 13 heavy (non-hydrogen) atoms. The van der Waals surface area contributed by atoms with E-state index in [0.29, 0.717) is 12.0 Å². The monoisotopic (exact) mass is 199 g/mol. The Labute approximate surface area is 84.2 Å². The maximum Gasteiger partial charge on any atom is 0.243 e. The van der Waals surface area contributed by atoms with E-state index >= 15 is 0 Å². The first-order chi connectivity index (χ1) is 6.27. The van der Waals surface area contributed by atoms with Crippen molar-refractivity contribution in [3.8, 4) is 0 Å². The summed E-state index contributed by atoms with van der Waals surface area (Å²) in [5, 5.41) is 2.99. The van der Waals surface area contributed by atoms with Gasteiger partial charge in [0.05, 0.1) is 0 Å². The van der Waals surface area contributed by atoms with Crippen molar-refractivity contribution in [2.45, 2.75) is 25.3 Å². The highest BCUT2D eigenvalue weighted by molar-refractivity contribution is 7.98. The summed E-state index contributed by atoms with van der Waals surface area (Å²) < 4.78 is 0. The zero-order valence-electron chi connectivity index (χ0n) is 8.08. The first-order valence-corrected chi connectivity index (χ1v) is 6.09. The van der Waals surface area contributed by atoms with Crippen molar-refractivity contribution in [1.82, 2.24) is 5.32 Å². The predicted molar refractivity (Wildman–Crippen MR) is 57.9 cm³/mol. The van der Waals surface area contributed by atoms with E-state index in [4.69, 9.17) is 0 Å². The number of hydrogen-bond donors (Lipinski definition) is 1. The molecule has 0 radical (unpaired) electrons. The number of carbonyl (C=O) groups is 1. The Balaban J connectivity index is 2.38. The molecule has 2 nitrogen and oxygen atoms in total. The van der Waals surface area contributed by atoms with Crippen LogP contribution in [0.1, 0.15) is 19.3 Å². The summed E-state index contributed by atoms with van der Waals surface area (Å²) >= 11 is 1.86. The van der Waals surface area contributed by atoms with Crippen molar-refractivity contribution in [1.29, 1.82) is 0 Å². The minimum absolute atomic E-state index is 0.0296.